The summed E-state index contributed by atoms with van der Waals surface area (Å²) in [4.78, 5) is 0. The van der Waals surface area contributed by atoms with Crippen molar-refractivity contribution in [2.45, 2.75) is 6.54 Å². The lowest BCUT2D eigenvalue weighted by molar-refractivity contribution is 0.500. The topological polar surface area (TPSA) is 20.3 Å². The van der Waals surface area contributed by atoms with E-state index in [0.29, 0.717) is 0 Å². The smallest absolute Gasteiger partial charge is 0.248 e. The van der Waals surface area contributed by atoms with Crippen molar-refractivity contribution in [3.8, 4) is 0 Å². The molecular weight excluding hydrogens is 157 g/mol. The highest BCUT2D eigenvalue weighted by molar-refractivity contribution is 7.20. The van der Waals surface area contributed by atoms with Crippen LogP contribution in [-0.4, -0.2) is 11.7 Å². The Morgan fingerprint density at radius 1 is 1.36 bits per heavy atom. The number of hydrogen-bond acceptors (Lipinski definition) is 1. The molecule has 0 heterocycles. The summed E-state index contributed by atoms with van der Waals surface area (Å²) >= 11 is 0. The van der Waals surface area contributed by atoms with E-state index in [1.54, 1.807) is 4.67 Å². The summed E-state index contributed by atoms with van der Waals surface area (Å²) in [6.07, 6.45) is 0. The molecule has 11 heavy (non-hydrogen) atoms. The van der Waals surface area contributed by atoms with Gasteiger partial charge in [-0.15, -0.1) is 0 Å². The molecule has 0 amide bonds. The molecule has 1 rings (SSSR count). The van der Waals surface area contributed by atoms with Gasteiger partial charge < -0.3 is 0 Å². The second-order valence-electron chi connectivity index (χ2n) is 2.38. The lowest BCUT2D eigenvalue weighted by Crippen LogP contribution is -2.03. The Morgan fingerprint density at radius 3 is 2.55 bits per heavy atom. The number of benzene rings is 1. The highest BCUT2D eigenvalue weighted by Gasteiger charge is 1.96. The summed E-state index contributed by atoms with van der Waals surface area (Å²) < 4.78 is 12.0. The molecular formula is C8H10NOP. The van der Waals surface area contributed by atoms with Crippen LogP contribution in [0.2, 0.25) is 0 Å². The van der Waals surface area contributed by atoms with Gasteiger partial charge in [0.2, 0.25) is 8.61 Å². The third-order valence-electron chi connectivity index (χ3n) is 1.39. The summed E-state index contributed by atoms with van der Waals surface area (Å²) in [6, 6.07) is 9.96. The quantitative estimate of drug-likeness (QED) is 0.644. The fourth-order valence-electron chi connectivity index (χ4n) is 0.877. The van der Waals surface area contributed by atoms with Crippen molar-refractivity contribution in [3.05, 3.63) is 35.9 Å². The van der Waals surface area contributed by atoms with E-state index in [-0.39, 0.29) is 8.61 Å². The maximum atomic E-state index is 10.3. The van der Waals surface area contributed by atoms with Gasteiger partial charge in [0.05, 0.1) is 0 Å². The molecule has 0 aliphatic heterocycles. The monoisotopic (exact) mass is 167 g/mol. The van der Waals surface area contributed by atoms with Crippen LogP contribution in [0.1, 0.15) is 5.56 Å². The lowest BCUT2D eigenvalue weighted by Gasteiger charge is -2.05. The predicted octanol–water partition coefficient (Wildman–Crippen LogP) is 2.33. The summed E-state index contributed by atoms with van der Waals surface area (Å²) in [5, 5.41) is 0. The zero-order valence-corrected chi connectivity index (χ0v) is 7.29. The molecule has 0 aliphatic rings. The molecule has 0 spiro atoms. The number of rotatable bonds is 3. The Kier molecular flexibility index (Phi) is 3.21. The van der Waals surface area contributed by atoms with E-state index in [4.69, 9.17) is 0 Å². The number of hydrogen-bond donors (Lipinski definition) is 0. The SMILES string of the molecule is CN(Cc1ccccc1)P=O. The van der Waals surface area contributed by atoms with E-state index < -0.39 is 0 Å². The second kappa shape index (κ2) is 4.22. The molecule has 0 bridgehead atoms. The average Bonchev–Trinajstić information content (AvgIpc) is 2.06. The molecule has 58 valence electrons. The molecule has 2 nitrogen and oxygen atoms in total. The predicted molar refractivity (Wildman–Crippen MR) is 45.5 cm³/mol. The summed E-state index contributed by atoms with van der Waals surface area (Å²) in [5.41, 5.74) is 1.18. The van der Waals surface area contributed by atoms with Gasteiger partial charge in [-0.05, 0) is 12.6 Å². The van der Waals surface area contributed by atoms with Gasteiger partial charge in [-0.3, -0.25) is 4.57 Å². The van der Waals surface area contributed by atoms with Crippen LogP contribution in [0, 0.1) is 0 Å². The van der Waals surface area contributed by atoms with E-state index in [9.17, 15) is 4.57 Å². The molecule has 0 unspecified atom stereocenters. The molecule has 0 aliphatic carbocycles. The van der Waals surface area contributed by atoms with Crippen LogP contribution >= 0.6 is 8.61 Å². The van der Waals surface area contributed by atoms with Gasteiger partial charge in [0.25, 0.3) is 0 Å². The molecule has 0 fully saturated rings. The normalized spacial score (nSPS) is 10.7. The third kappa shape index (κ3) is 2.79. The Morgan fingerprint density at radius 2 is 2.00 bits per heavy atom. The zero-order chi connectivity index (χ0) is 8.10. The van der Waals surface area contributed by atoms with Gasteiger partial charge in [-0.1, -0.05) is 30.3 Å². The average molecular weight is 167 g/mol. The fourth-order valence-corrected chi connectivity index (χ4v) is 1.10. The van der Waals surface area contributed by atoms with Crippen molar-refractivity contribution in [2.24, 2.45) is 0 Å². The fraction of sp³-hybridized carbons (Fsp3) is 0.250. The van der Waals surface area contributed by atoms with Gasteiger partial charge in [-0.2, -0.15) is 0 Å². The molecule has 0 saturated carbocycles. The lowest BCUT2D eigenvalue weighted by atomic mass is 10.2. The molecule has 0 N–H and O–H groups in total. The van der Waals surface area contributed by atoms with Crippen molar-refractivity contribution < 1.29 is 4.57 Å². The van der Waals surface area contributed by atoms with Gasteiger partial charge in [0, 0.05) is 6.54 Å². The van der Waals surface area contributed by atoms with Crippen LogP contribution in [0.4, 0.5) is 0 Å². The Labute approximate surface area is 68.1 Å². The van der Waals surface area contributed by atoms with E-state index in [2.05, 4.69) is 0 Å². The van der Waals surface area contributed by atoms with Gasteiger partial charge >= 0.3 is 0 Å². The molecule has 3 heteroatoms. The Bertz CT molecular complexity index is 225. The van der Waals surface area contributed by atoms with Crippen LogP contribution in [0.3, 0.4) is 0 Å². The van der Waals surface area contributed by atoms with E-state index >= 15 is 0 Å². The molecule has 0 saturated heterocycles. The standard InChI is InChI=1S/C8H10NOP/c1-9(11-10)7-8-5-3-2-4-6-8/h2-6H,7H2,1H3. The van der Waals surface area contributed by atoms with Crippen LogP contribution in [0.5, 0.6) is 0 Å². The minimum absolute atomic E-state index is 0.0717. The van der Waals surface area contributed by atoms with Crippen molar-refractivity contribution in [1.29, 1.82) is 0 Å². The van der Waals surface area contributed by atoms with Crippen LogP contribution in [-0.2, 0) is 11.1 Å². The highest BCUT2D eigenvalue weighted by atomic mass is 31.1. The molecule has 1 aromatic rings. The molecule has 0 atom stereocenters. The summed E-state index contributed by atoms with van der Waals surface area (Å²) in [6.45, 7) is 0.728. The maximum Gasteiger partial charge on any atom is 0.248 e. The van der Waals surface area contributed by atoms with Crippen LogP contribution in [0.25, 0.3) is 0 Å². The van der Waals surface area contributed by atoms with Crippen LogP contribution < -0.4 is 0 Å². The first kappa shape index (κ1) is 8.38. The first-order valence-corrected chi connectivity index (χ1v) is 4.18. The molecule has 0 radical (unpaired) electrons. The van der Waals surface area contributed by atoms with E-state index in [1.807, 2.05) is 37.4 Å². The summed E-state index contributed by atoms with van der Waals surface area (Å²) in [5.74, 6) is 0. The Balaban J connectivity index is 2.57. The minimum Gasteiger partial charge on any atom is -0.256 e. The molecule has 1 aromatic carbocycles. The largest absolute Gasteiger partial charge is 0.256 e. The maximum absolute atomic E-state index is 10.3. The molecule has 0 aromatic heterocycles. The van der Waals surface area contributed by atoms with Crippen LogP contribution in [0.15, 0.2) is 30.3 Å². The minimum atomic E-state index is 0.0717. The number of nitrogens with zero attached hydrogens (tertiary/aromatic N) is 1. The Hall–Kier alpha value is -0.720. The van der Waals surface area contributed by atoms with Crippen molar-refractivity contribution in [1.82, 2.24) is 4.67 Å². The van der Waals surface area contributed by atoms with Gasteiger partial charge in [0.1, 0.15) is 0 Å². The van der Waals surface area contributed by atoms with Crippen molar-refractivity contribution >= 4 is 8.61 Å². The zero-order valence-electron chi connectivity index (χ0n) is 6.40. The second-order valence-corrected chi connectivity index (χ2v) is 3.23. The van der Waals surface area contributed by atoms with E-state index in [1.165, 1.54) is 5.56 Å². The van der Waals surface area contributed by atoms with Gasteiger partial charge in [0.15, 0.2) is 0 Å². The first-order valence-electron chi connectivity index (χ1n) is 3.41. The first-order chi connectivity index (χ1) is 5.33. The van der Waals surface area contributed by atoms with Crippen molar-refractivity contribution in [2.75, 3.05) is 7.05 Å². The van der Waals surface area contributed by atoms with Gasteiger partial charge in [-0.25, -0.2) is 4.67 Å². The van der Waals surface area contributed by atoms with Crippen molar-refractivity contribution in [3.63, 3.8) is 0 Å². The summed E-state index contributed by atoms with van der Waals surface area (Å²) in [7, 11) is 1.88. The van der Waals surface area contributed by atoms with E-state index in [0.717, 1.165) is 6.54 Å². The highest BCUT2D eigenvalue weighted by Crippen LogP contribution is 2.08. The third-order valence-corrected chi connectivity index (χ3v) is 1.81.